The van der Waals surface area contributed by atoms with Crippen molar-refractivity contribution in [1.29, 1.82) is 0 Å². The van der Waals surface area contributed by atoms with Crippen LogP contribution >= 0.6 is 0 Å². The third kappa shape index (κ3) is 4.52. The van der Waals surface area contributed by atoms with Crippen LogP contribution in [0.15, 0.2) is 35.6 Å². The molecule has 0 bridgehead atoms. The van der Waals surface area contributed by atoms with E-state index in [1.165, 1.54) is 24.0 Å². The van der Waals surface area contributed by atoms with Crippen LogP contribution in [-0.4, -0.2) is 22.5 Å². The highest BCUT2D eigenvalue weighted by Gasteiger charge is 2.25. The first-order valence-corrected chi connectivity index (χ1v) is 8.06. The molecule has 0 spiro atoms. The van der Waals surface area contributed by atoms with Gasteiger partial charge in [-0.15, -0.1) is 0 Å². The number of anilines is 1. The molecule has 0 saturated heterocycles. The summed E-state index contributed by atoms with van der Waals surface area (Å²) in [4.78, 5) is 13.2. The number of guanidine groups is 1. The van der Waals surface area contributed by atoms with Crippen molar-refractivity contribution in [2.24, 2.45) is 10.7 Å². The van der Waals surface area contributed by atoms with E-state index in [1.807, 2.05) is 12.4 Å². The van der Waals surface area contributed by atoms with Crippen LogP contribution in [0.4, 0.5) is 5.69 Å². The lowest BCUT2D eigenvalue weighted by molar-refractivity contribution is 0.881. The second-order valence-electron chi connectivity index (χ2n) is 6.24. The van der Waals surface area contributed by atoms with Gasteiger partial charge < -0.3 is 11.1 Å². The number of aromatic nitrogens is 2. The molecule has 120 valence electrons. The summed E-state index contributed by atoms with van der Waals surface area (Å²) >= 11 is 0. The number of hydrogen-bond acceptors (Lipinski definition) is 3. The Kier molecular flexibility index (Phi) is 4.55. The molecule has 3 N–H and O–H groups in total. The molecule has 1 heterocycles. The topological polar surface area (TPSA) is 76.2 Å². The highest BCUT2D eigenvalue weighted by molar-refractivity contribution is 5.92. The Morgan fingerprint density at radius 1 is 1.17 bits per heavy atom. The minimum atomic E-state index is 0.436. The molecule has 1 aliphatic rings. The van der Waals surface area contributed by atoms with Gasteiger partial charge in [0.05, 0.1) is 0 Å². The van der Waals surface area contributed by atoms with Crippen LogP contribution in [0.5, 0.6) is 0 Å². The first kappa shape index (κ1) is 15.5. The van der Waals surface area contributed by atoms with Crippen LogP contribution in [-0.2, 0) is 6.42 Å². The Morgan fingerprint density at radius 2 is 1.83 bits per heavy atom. The van der Waals surface area contributed by atoms with Gasteiger partial charge in [0.15, 0.2) is 5.96 Å². The quantitative estimate of drug-likeness (QED) is 0.657. The molecule has 1 saturated carbocycles. The van der Waals surface area contributed by atoms with Crippen LogP contribution in [0.1, 0.15) is 41.3 Å². The molecule has 23 heavy (non-hydrogen) atoms. The second-order valence-corrected chi connectivity index (χ2v) is 6.24. The van der Waals surface area contributed by atoms with E-state index in [0.717, 1.165) is 23.5 Å². The van der Waals surface area contributed by atoms with Gasteiger partial charge in [-0.3, -0.25) is 4.99 Å². The number of hydrogen-bond donors (Lipinski definition) is 2. The van der Waals surface area contributed by atoms with Crippen molar-refractivity contribution in [2.45, 2.75) is 39.0 Å². The fourth-order valence-electron chi connectivity index (χ4n) is 2.59. The van der Waals surface area contributed by atoms with Crippen molar-refractivity contribution < 1.29 is 0 Å². The molecule has 1 fully saturated rings. The van der Waals surface area contributed by atoms with E-state index in [0.29, 0.717) is 18.4 Å². The number of rotatable bonds is 5. The van der Waals surface area contributed by atoms with Crippen LogP contribution in [0.25, 0.3) is 0 Å². The minimum Gasteiger partial charge on any atom is -0.370 e. The first-order valence-electron chi connectivity index (χ1n) is 8.06. The van der Waals surface area contributed by atoms with Gasteiger partial charge in [0.25, 0.3) is 0 Å². The molecule has 2 aromatic rings. The number of benzene rings is 1. The molecule has 5 heteroatoms. The molecule has 3 rings (SSSR count). The number of aliphatic imine (C=N–C) groups is 1. The molecule has 0 amide bonds. The van der Waals surface area contributed by atoms with E-state index < -0.39 is 0 Å². The lowest BCUT2D eigenvalue weighted by atomic mass is 10.1. The average molecular weight is 309 g/mol. The molecule has 0 unspecified atom stereocenters. The highest BCUT2D eigenvalue weighted by atomic mass is 15.1. The largest absolute Gasteiger partial charge is 0.370 e. The summed E-state index contributed by atoms with van der Waals surface area (Å²) < 4.78 is 0. The number of nitrogens with one attached hydrogen (secondary N) is 1. The number of nitrogens with two attached hydrogens (primary N) is 1. The Hall–Kier alpha value is -2.43. The Bertz CT molecular complexity index is 682. The lowest BCUT2D eigenvalue weighted by Crippen LogP contribution is -2.23. The molecule has 0 aliphatic heterocycles. The summed E-state index contributed by atoms with van der Waals surface area (Å²) in [7, 11) is 0. The SMILES string of the molecule is Cc1cc(C)cc(NC(N)=NCCc2cnc(C3CC3)nc2)c1. The smallest absolute Gasteiger partial charge is 0.193 e. The van der Waals surface area contributed by atoms with E-state index in [4.69, 9.17) is 5.73 Å². The maximum absolute atomic E-state index is 5.95. The summed E-state index contributed by atoms with van der Waals surface area (Å²) in [5.74, 6) is 2.01. The lowest BCUT2D eigenvalue weighted by Gasteiger charge is -2.08. The van der Waals surface area contributed by atoms with E-state index in [-0.39, 0.29) is 0 Å². The fraction of sp³-hybridized carbons (Fsp3) is 0.389. The summed E-state index contributed by atoms with van der Waals surface area (Å²) in [6.45, 7) is 4.75. The van der Waals surface area contributed by atoms with E-state index in [1.54, 1.807) is 0 Å². The van der Waals surface area contributed by atoms with Gasteiger partial charge in [0, 0.05) is 30.5 Å². The van der Waals surface area contributed by atoms with Crippen molar-refractivity contribution in [2.75, 3.05) is 11.9 Å². The molecular formula is C18H23N5. The molecule has 1 aliphatic carbocycles. The van der Waals surface area contributed by atoms with Crippen LogP contribution in [0.2, 0.25) is 0 Å². The van der Waals surface area contributed by atoms with Crippen LogP contribution < -0.4 is 11.1 Å². The van der Waals surface area contributed by atoms with Crippen LogP contribution in [0, 0.1) is 13.8 Å². The summed E-state index contributed by atoms with van der Waals surface area (Å²) in [6, 6.07) is 6.24. The van der Waals surface area contributed by atoms with Gasteiger partial charge in [0.1, 0.15) is 5.82 Å². The second kappa shape index (κ2) is 6.77. The zero-order chi connectivity index (χ0) is 16.2. The van der Waals surface area contributed by atoms with E-state index >= 15 is 0 Å². The van der Waals surface area contributed by atoms with Crippen molar-refractivity contribution in [1.82, 2.24) is 9.97 Å². The zero-order valence-corrected chi connectivity index (χ0v) is 13.7. The van der Waals surface area contributed by atoms with Crippen molar-refractivity contribution in [3.8, 4) is 0 Å². The molecule has 0 atom stereocenters. The molecule has 1 aromatic carbocycles. The Balaban J connectivity index is 1.52. The standard InChI is InChI=1S/C18H23N5/c1-12-7-13(2)9-16(8-12)23-18(19)20-6-5-14-10-21-17(22-11-14)15-3-4-15/h7-11,15H,3-6H2,1-2H3,(H3,19,20,23). The highest BCUT2D eigenvalue weighted by Crippen LogP contribution is 2.37. The number of nitrogens with zero attached hydrogens (tertiary/aromatic N) is 3. The molecule has 0 radical (unpaired) electrons. The number of aryl methyl sites for hydroxylation is 2. The van der Waals surface area contributed by atoms with Crippen LogP contribution in [0.3, 0.4) is 0 Å². The van der Waals surface area contributed by atoms with Gasteiger partial charge in [-0.25, -0.2) is 9.97 Å². The van der Waals surface area contributed by atoms with Gasteiger partial charge in [-0.1, -0.05) is 6.07 Å². The normalized spacial score (nSPS) is 14.8. The fourth-order valence-corrected chi connectivity index (χ4v) is 2.59. The predicted octanol–water partition coefficient (Wildman–Crippen LogP) is 2.94. The predicted molar refractivity (Wildman–Crippen MR) is 93.7 cm³/mol. The summed E-state index contributed by atoms with van der Waals surface area (Å²) in [6.07, 6.45) is 7.06. The van der Waals surface area contributed by atoms with Crippen molar-refractivity contribution in [3.63, 3.8) is 0 Å². The van der Waals surface area contributed by atoms with Gasteiger partial charge in [-0.2, -0.15) is 0 Å². The van der Waals surface area contributed by atoms with Crippen molar-refractivity contribution in [3.05, 3.63) is 53.1 Å². The van der Waals surface area contributed by atoms with E-state index in [9.17, 15) is 0 Å². The monoisotopic (exact) mass is 309 g/mol. The van der Waals surface area contributed by atoms with Gasteiger partial charge in [0.2, 0.25) is 0 Å². The van der Waals surface area contributed by atoms with Crippen molar-refractivity contribution >= 4 is 11.6 Å². The molecule has 1 aromatic heterocycles. The molecule has 5 nitrogen and oxygen atoms in total. The first-order chi connectivity index (χ1) is 11.1. The molecular weight excluding hydrogens is 286 g/mol. The average Bonchev–Trinajstić information content (AvgIpc) is 3.31. The van der Waals surface area contributed by atoms with E-state index in [2.05, 4.69) is 52.3 Å². The zero-order valence-electron chi connectivity index (χ0n) is 13.7. The maximum Gasteiger partial charge on any atom is 0.193 e. The Morgan fingerprint density at radius 3 is 2.43 bits per heavy atom. The third-order valence-electron chi connectivity index (χ3n) is 3.84. The summed E-state index contributed by atoms with van der Waals surface area (Å²) in [5, 5.41) is 3.14. The summed E-state index contributed by atoms with van der Waals surface area (Å²) in [5.41, 5.74) is 10.4. The third-order valence-corrected chi connectivity index (χ3v) is 3.84. The van der Waals surface area contributed by atoms with Gasteiger partial charge in [-0.05, 0) is 61.9 Å². The Labute approximate surface area is 137 Å². The minimum absolute atomic E-state index is 0.436. The van der Waals surface area contributed by atoms with Gasteiger partial charge >= 0.3 is 0 Å². The maximum atomic E-state index is 5.95.